The average molecular weight is 198 g/mol. The van der Waals surface area contributed by atoms with Gasteiger partial charge in [0.25, 0.3) is 0 Å². The van der Waals surface area contributed by atoms with E-state index in [0.717, 1.165) is 11.8 Å². The fraction of sp³-hybridized carbons (Fsp3) is 0.111. The summed E-state index contributed by atoms with van der Waals surface area (Å²) in [5.74, 6) is 0. The van der Waals surface area contributed by atoms with Crippen LogP contribution in [0.4, 0.5) is 0 Å². The van der Waals surface area contributed by atoms with Crippen LogP contribution in [0.5, 0.6) is 0 Å². The molecule has 1 rings (SSSR count). The van der Waals surface area contributed by atoms with Crippen LogP contribution in [0.3, 0.4) is 0 Å². The molecule has 0 aliphatic heterocycles. The zero-order valence-corrected chi connectivity index (χ0v) is 7.98. The van der Waals surface area contributed by atoms with Gasteiger partial charge in [0.05, 0.1) is 12.4 Å². The van der Waals surface area contributed by atoms with E-state index in [2.05, 4.69) is 11.1 Å². The molecular formula is C9H11O3P. The van der Waals surface area contributed by atoms with Crippen LogP contribution >= 0.6 is 7.60 Å². The molecule has 1 aromatic rings. The van der Waals surface area contributed by atoms with Gasteiger partial charge in [-0.3, -0.25) is 0 Å². The minimum absolute atomic E-state index is 0.0137. The second-order valence-electron chi connectivity index (χ2n) is 2.55. The van der Waals surface area contributed by atoms with Gasteiger partial charge in [-0.15, -0.1) is 0 Å². The first-order chi connectivity index (χ1) is 6.14. The van der Waals surface area contributed by atoms with Crippen LogP contribution in [-0.4, -0.2) is 4.89 Å². The zero-order valence-electron chi connectivity index (χ0n) is 7.09. The van der Waals surface area contributed by atoms with Crippen molar-refractivity contribution in [1.29, 1.82) is 0 Å². The molecule has 1 N–H and O–H groups in total. The van der Waals surface area contributed by atoms with Gasteiger partial charge in [-0.25, -0.2) is 4.57 Å². The molecule has 4 heteroatoms. The molecule has 1 unspecified atom stereocenters. The third-order valence-electron chi connectivity index (χ3n) is 1.46. The van der Waals surface area contributed by atoms with Gasteiger partial charge < -0.3 is 9.42 Å². The highest BCUT2D eigenvalue weighted by molar-refractivity contribution is 7.52. The van der Waals surface area contributed by atoms with E-state index in [4.69, 9.17) is 0 Å². The van der Waals surface area contributed by atoms with E-state index in [1.807, 2.05) is 18.2 Å². The van der Waals surface area contributed by atoms with Crippen molar-refractivity contribution in [3.63, 3.8) is 0 Å². The third-order valence-corrected chi connectivity index (χ3v) is 2.71. The Labute approximate surface area is 77.2 Å². The Morgan fingerprint density at radius 3 is 2.62 bits per heavy atom. The molecule has 0 saturated heterocycles. The number of hydrogen-bond acceptors (Lipinski definition) is 2. The highest BCUT2D eigenvalue weighted by Gasteiger charge is 2.18. The van der Waals surface area contributed by atoms with Gasteiger partial charge in [-0.1, -0.05) is 36.9 Å². The second kappa shape index (κ2) is 4.26. The molecule has 0 fully saturated rings. The summed E-state index contributed by atoms with van der Waals surface area (Å²) >= 11 is 0. The first-order valence-electron chi connectivity index (χ1n) is 3.79. The van der Waals surface area contributed by atoms with Crippen molar-refractivity contribution in [1.82, 2.24) is 0 Å². The molecule has 0 spiro atoms. The summed E-state index contributed by atoms with van der Waals surface area (Å²) in [6.07, 6.45) is 1.00. The van der Waals surface area contributed by atoms with E-state index < -0.39 is 7.60 Å². The summed E-state index contributed by atoms with van der Waals surface area (Å²) in [5.41, 5.74) is 0.773. The molecule has 0 aliphatic carbocycles. The monoisotopic (exact) mass is 198 g/mol. The fourth-order valence-electron chi connectivity index (χ4n) is 0.968. The molecule has 1 aromatic carbocycles. The lowest BCUT2D eigenvalue weighted by Crippen LogP contribution is -1.88. The smallest absolute Gasteiger partial charge is 0.380 e. The molecule has 0 aliphatic rings. The maximum atomic E-state index is 11.2. The van der Waals surface area contributed by atoms with E-state index in [9.17, 15) is 9.46 Å². The van der Waals surface area contributed by atoms with E-state index >= 15 is 0 Å². The lowest BCUT2D eigenvalue weighted by atomic mass is 10.2. The summed E-state index contributed by atoms with van der Waals surface area (Å²) in [6, 6.07) is 9.01. The quantitative estimate of drug-likeness (QED) is 0.597. The van der Waals surface area contributed by atoms with Crippen LogP contribution in [0.2, 0.25) is 0 Å². The average Bonchev–Trinajstić information content (AvgIpc) is 2.04. The SMILES string of the molecule is C=COP(=O)(O)Cc1ccccc1. The van der Waals surface area contributed by atoms with Gasteiger partial charge in [-0.2, -0.15) is 0 Å². The van der Waals surface area contributed by atoms with Gasteiger partial charge in [0.15, 0.2) is 0 Å². The second-order valence-corrected chi connectivity index (χ2v) is 4.36. The largest absolute Gasteiger partial charge is 0.433 e. The molecule has 13 heavy (non-hydrogen) atoms. The summed E-state index contributed by atoms with van der Waals surface area (Å²) in [4.78, 5) is 9.23. The van der Waals surface area contributed by atoms with E-state index in [1.54, 1.807) is 12.1 Å². The number of rotatable bonds is 4. The molecule has 0 heterocycles. The van der Waals surface area contributed by atoms with E-state index in [0.29, 0.717) is 0 Å². The fourth-order valence-corrected chi connectivity index (χ4v) is 1.95. The molecule has 70 valence electrons. The van der Waals surface area contributed by atoms with Crippen LogP contribution in [0, 0.1) is 0 Å². The lowest BCUT2D eigenvalue weighted by molar-refractivity contribution is 0.347. The minimum atomic E-state index is -3.53. The number of hydrogen-bond donors (Lipinski definition) is 1. The minimum Gasteiger partial charge on any atom is -0.433 e. The summed E-state index contributed by atoms with van der Waals surface area (Å²) in [5, 5.41) is 0. The standard InChI is InChI=1S/C9H11O3P/c1-2-12-13(10,11)8-9-6-4-3-5-7-9/h2-7H,1,8H2,(H,10,11). The van der Waals surface area contributed by atoms with Crippen molar-refractivity contribution in [2.24, 2.45) is 0 Å². The Morgan fingerprint density at radius 1 is 1.46 bits per heavy atom. The summed E-state index contributed by atoms with van der Waals surface area (Å²) in [6.45, 7) is 3.23. The van der Waals surface area contributed by atoms with Gasteiger partial charge in [0, 0.05) is 0 Å². The maximum absolute atomic E-state index is 11.2. The Morgan fingerprint density at radius 2 is 2.08 bits per heavy atom. The topological polar surface area (TPSA) is 46.5 Å². The lowest BCUT2D eigenvalue weighted by Gasteiger charge is -2.09. The Balaban J connectivity index is 2.69. The maximum Gasteiger partial charge on any atom is 0.380 e. The van der Waals surface area contributed by atoms with Crippen LogP contribution in [0.15, 0.2) is 43.2 Å². The highest BCUT2D eigenvalue weighted by atomic mass is 31.2. The van der Waals surface area contributed by atoms with Crippen LogP contribution < -0.4 is 0 Å². The zero-order chi connectivity index (χ0) is 9.73. The molecule has 0 bridgehead atoms. The van der Waals surface area contributed by atoms with Crippen LogP contribution in [0.1, 0.15) is 5.56 Å². The van der Waals surface area contributed by atoms with Crippen LogP contribution in [0.25, 0.3) is 0 Å². The molecule has 1 atom stereocenters. The molecular weight excluding hydrogens is 187 g/mol. The van der Waals surface area contributed by atoms with E-state index in [-0.39, 0.29) is 6.16 Å². The summed E-state index contributed by atoms with van der Waals surface area (Å²) < 4.78 is 15.8. The number of benzene rings is 1. The van der Waals surface area contributed by atoms with Crippen molar-refractivity contribution in [3.05, 3.63) is 48.7 Å². The van der Waals surface area contributed by atoms with Crippen molar-refractivity contribution in [2.45, 2.75) is 6.16 Å². The first-order valence-corrected chi connectivity index (χ1v) is 5.55. The Hall–Kier alpha value is -1.05. The van der Waals surface area contributed by atoms with Crippen molar-refractivity contribution < 1.29 is 14.0 Å². The van der Waals surface area contributed by atoms with Gasteiger partial charge in [0.2, 0.25) is 0 Å². The van der Waals surface area contributed by atoms with Crippen molar-refractivity contribution in [2.75, 3.05) is 0 Å². The van der Waals surface area contributed by atoms with E-state index in [1.165, 1.54) is 0 Å². The van der Waals surface area contributed by atoms with Gasteiger partial charge >= 0.3 is 7.60 Å². The normalized spacial score (nSPS) is 14.5. The molecule has 3 nitrogen and oxygen atoms in total. The van der Waals surface area contributed by atoms with Gasteiger partial charge in [-0.05, 0) is 5.56 Å². The molecule has 0 aromatic heterocycles. The molecule has 0 amide bonds. The van der Waals surface area contributed by atoms with Crippen molar-refractivity contribution >= 4 is 7.60 Å². The Kier molecular flexibility index (Phi) is 3.29. The highest BCUT2D eigenvalue weighted by Crippen LogP contribution is 2.45. The van der Waals surface area contributed by atoms with Crippen molar-refractivity contribution in [3.8, 4) is 0 Å². The summed E-state index contributed by atoms with van der Waals surface area (Å²) in [7, 11) is -3.53. The third kappa shape index (κ3) is 3.45. The van der Waals surface area contributed by atoms with Gasteiger partial charge in [0.1, 0.15) is 0 Å². The molecule has 0 saturated carbocycles. The predicted molar refractivity (Wildman–Crippen MR) is 51.3 cm³/mol. The Bertz CT molecular complexity index is 321. The first kappa shape index (κ1) is 10.0. The van der Waals surface area contributed by atoms with Crippen LogP contribution in [-0.2, 0) is 15.3 Å². The predicted octanol–water partition coefficient (Wildman–Crippen LogP) is 2.53. The molecule has 0 radical (unpaired) electrons.